The Bertz CT molecular complexity index is 462. The number of hydrogen-bond acceptors (Lipinski definition) is 4. The molecule has 5 nitrogen and oxygen atoms in total. The highest BCUT2D eigenvalue weighted by Crippen LogP contribution is 2.33. The fourth-order valence-corrected chi connectivity index (χ4v) is 2.71. The Morgan fingerprint density at radius 2 is 2.21 bits per heavy atom. The summed E-state index contributed by atoms with van der Waals surface area (Å²) < 4.78 is 0. The van der Waals surface area contributed by atoms with Crippen LogP contribution in [0.5, 0.6) is 0 Å². The van der Waals surface area contributed by atoms with Gasteiger partial charge in [0.2, 0.25) is 0 Å². The molecule has 1 fully saturated rings. The SMILES string of the molecule is Cc1ccc(N2CCCCCC2CO)c([N+](=O)[O-])c1. The van der Waals surface area contributed by atoms with Crippen LogP contribution < -0.4 is 4.90 Å². The van der Waals surface area contributed by atoms with Crippen LogP contribution in [0.3, 0.4) is 0 Å². The normalized spacial score (nSPS) is 20.1. The van der Waals surface area contributed by atoms with E-state index in [1.54, 1.807) is 12.1 Å². The lowest BCUT2D eigenvalue weighted by molar-refractivity contribution is -0.384. The maximum absolute atomic E-state index is 11.2. The van der Waals surface area contributed by atoms with E-state index >= 15 is 0 Å². The first-order chi connectivity index (χ1) is 9.13. The summed E-state index contributed by atoms with van der Waals surface area (Å²) in [5.41, 5.74) is 1.66. The van der Waals surface area contributed by atoms with Gasteiger partial charge in [0.05, 0.1) is 17.6 Å². The van der Waals surface area contributed by atoms with Crippen LogP contribution in [0.15, 0.2) is 18.2 Å². The molecule has 0 aromatic heterocycles. The van der Waals surface area contributed by atoms with Crippen LogP contribution in [-0.2, 0) is 0 Å². The monoisotopic (exact) mass is 264 g/mol. The molecular weight excluding hydrogens is 244 g/mol. The van der Waals surface area contributed by atoms with Crippen LogP contribution in [0.2, 0.25) is 0 Å². The summed E-state index contributed by atoms with van der Waals surface area (Å²) >= 11 is 0. The number of aryl methyl sites for hydroxylation is 1. The van der Waals surface area contributed by atoms with Crippen molar-refractivity contribution < 1.29 is 10.0 Å². The second-order valence-corrected chi connectivity index (χ2v) is 5.13. The van der Waals surface area contributed by atoms with Gasteiger partial charge in [-0.1, -0.05) is 18.9 Å². The van der Waals surface area contributed by atoms with E-state index < -0.39 is 0 Å². The molecule has 1 aromatic rings. The summed E-state index contributed by atoms with van der Waals surface area (Å²) in [6.07, 6.45) is 4.09. The number of anilines is 1. The lowest BCUT2D eigenvalue weighted by atomic mass is 10.1. The van der Waals surface area contributed by atoms with Crippen molar-refractivity contribution in [2.75, 3.05) is 18.1 Å². The number of nitrogens with zero attached hydrogens (tertiary/aromatic N) is 2. The van der Waals surface area contributed by atoms with E-state index in [0.29, 0.717) is 5.69 Å². The molecule has 19 heavy (non-hydrogen) atoms. The number of aliphatic hydroxyl groups is 1. The zero-order valence-corrected chi connectivity index (χ0v) is 11.2. The molecule has 1 atom stereocenters. The van der Waals surface area contributed by atoms with Gasteiger partial charge in [-0.25, -0.2) is 0 Å². The van der Waals surface area contributed by atoms with Crippen LogP contribution in [0.1, 0.15) is 31.2 Å². The Balaban J connectivity index is 2.40. The smallest absolute Gasteiger partial charge is 0.292 e. The summed E-state index contributed by atoms with van der Waals surface area (Å²) in [6.45, 7) is 2.67. The average molecular weight is 264 g/mol. The first kappa shape index (κ1) is 13.8. The molecule has 0 spiro atoms. The largest absolute Gasteiger partial charge is 0.394 e. The van der Waals surface area contributed by atoms with Crippen molar-refractivity contribution in [3.05, 3.63) is 33.9 Å². The van der Waals surface area contributed by atoms with Gasteiger partial charge in [-0.05, 0) is 31.4 Å². The van der Waals surface area contributed by atoms with Gasteiger partial charge in [0.25, 0.3) is 5.69 Å². The van der Waals surface area contributed by atoms with E-state index in [1.165, 1.54) is 0 Å². The van der Waals surface area contributed by atoms with Crippen molar-refractivity contribution in [3.63, 3.8) is 0 Å². The third-order valence-electron chi connectivity index (χ3n) is 3.72. The molecule has 0 amide bonds. The minimum Gasteiger partial charge on any atom is -0.394 e. The minimum atomic E-state index is -0.332. The molecule has 1 saturated heterocycles. The molecule has 1 aliphatic heterocycles. The van der Waals surface area contributed by atoms with Crippen LogP contribution in [0.4, 0.5) is 11.4 Å². The van der Waals surface area contributed by atoms with Gasteiger partial charge in [0.15, 0.2) is 0 Å². The van der Waals surface area contributed by atoms with Gasteiger partial charge in [0, 0.05) is 12.6 Å². The van der Waals surface area contributed by atoms with E-state index in [0.717, 1.165) is 37.8 Å². The molecule has 1 aromatic carbocycles. The fraction of sp³-hybridized carbons (Fsp3) is 0.571. The number of aliphatic hydroxyl groups excluding tert-OH is 1. The van der Waals surface area contributed by atoms with Gasteiger partial charge in [-0.15, -0.1) is 0 Å². The highest BCUT2D eigenvalue weighted by Gasteiger charge is 2.26. The van der Waals surface area contributed by atoms with Crippen molar-refractivity contribution in [2.45, 2.75) is 38.6 Å². The van der Waals surface area contributed by atoms with Crippen LogP contribution in [0, 0.1) is 17.0 Å². The zero-order valence-electron chi connectivity index (χ0n) is 11.2. The van der Waals surface area contributed by atoms with Gasteiger partial charge >= 0.3 is 0 Å². The molecule has 1 heterocycles. The molecule has 2 rings (SSSR count). The van der Waals surface area contributed by atoms with Crippen molar-refractivity contribution in [3.8, 4) is 0 Å². The molecular formula is C14H20N2O3. The summed E-state index contributed by atoms with van der Waals surface area (Å²) in [6, 6.07) is 5.29. The van der Waals surface area contributed by atoms with Gasteiger partial charge < -0.3 is 10.0 Å². The topological polar surface area (TPSA) is 66.6 Å². The van der Waals surface area contributed by atoms with Crippen LogP contribution in [0.25, 0.3) is 0 Å². The van der Waals surface area contributed by atoms with Gasteiger partial charge in [-0.2, -0.15) is 0 Å². The Morgan fingerprint density at radius 3 is 2.89 bits per heavy atom. The summed E-state index contributed by atoms with van der Waals surface area (Å²) in [4.78, 5) is 12.9. The standard InChI is InChI=1S/C14H20N2O3/c1-11-6-7-13(14(9-11)16(18)19)15-8-4-2-3-5-12(15)10-17/h6-7,9,12,17H,2-5,8,10H2,1H3. The van der Waals surface area contributed by atoms with Crippen molar-refractivity contribution >= 4 is 11.4 Å². The maximum Gasteiger partial charge on any atom is 0.292 e. The van der Waals surface area contributed by atoms with Crippen LogP contribution in [-0.4, -0.2) is 29.2 Å². The summed E-state index contributed by atoms with van der Waals surface area (Å²) in [7, 11) is 0. The Kier molecular flexibility index (Phi) is 4.37. The molecule has 1 unspecified atom stereocenters. The molecule has 0 aliphatic carbocycles. The van der Waals surface area contributed by atoms with Crippen molar-refractivity contribution in [1.82, 2.24) is 0 Å². The highest BCUT2D eigenvalue weighted by atomic mass is 16.6. The number of benzene rings is 1. The van der Waals surface area contributed by atoms with E-state index in [1.807, 2.05) is 17.9 Å². The maximum atomic E-state index is 11.2. The number of hydrogen-bond donors (Lipinski definition) is 1. The number of nitro benzene ring substituents is 1. The Labute approximate surface area is 113 Å². The first-order valence-corrected chi connectivity index (χ1v) is 6.76. The second-order valence-electron chi connectivity index (χ2n) is 5.13. The Hall–Kier alpha value is -1.62. The predicted molar refractivity (Wildman–Crippen MR) is 74.5 cm³/mol. The predicted octanol–water partition coefficient (Wildman–Crippen LogP) is 2.64. The lowest BCUT2D eigenvalue weighted by Crippen LogP contribution is -2.37. The number of rotatable bonds is 3. The van der Waals surface area contributed by atoms with E-state index in [2.05, 4.69) is 0 Å². The average Bonchev–Trinajstić information content (AvgIpc) is 2.63. The molecule has 0 saturated carbocycles. The second kappa shape index (κ2) is 6.02. The van der Waals surface area contributed by atoms with E-state index in [9.17, 15) is 15.2 Å². The Morgan fingerprint density at radius 1 is 1.42 bits per heavy atom. The fourth-order valence-electron chi connectivity index (χ4n) is 2.71. The molecule has 104 valence electrons. The van der Waals surface area contributed by atoms with Gasteiger partial charge in [-0.3, -0.25) is 10.1 Å². The van der Waals surface area contributed by atoms with E-state index in [-0.39, 0.29) is 23.3 Å². The number of nitro groups is 1. The molecule has 1 aliphatic rings. The third-order valence-corrected chi connectivity index (χ3v) is 3.72. The summed E-state index contributed by atoms with van der Waals surface area (Å²) in [5.74, 6) is 0. The van der Waals surface area contributed by atoms with Gasteiger partial charge in [0.1, 0.15) is 5.69 Å². The van der Waals surface area contributed by atoms with Crippen molar-refractivity contribution in [2.24, 2.45) is 0 Å². The highest BCUT2D eigenvalue weighted by molar-refractivity contribution is 5.65. The first-order valence-electron chi connectivity index (χ1n) is 6.76. The molecule has 0 radical (unpaired) electrons. The summed E-state index contributed by atoms with van der Waals surface area (Å²) in [5, 5.41) is 20.7. The quantitative estimate of drug-likeness (QED) is 0.673. The van der Waals surface area contributed by atoms with Crippen LogP contribution >= 0.6 is 0 Å². The molecule has 1 N–H and O–H groups in total. The minimum absolute atomic E-state index is 0.0103. The lowest BCUT2D eigenvalue weighted by Gasteiger charge is -2.30. The van der Waals surface area contributed by atoms with E-state index in [4.69, 9.17) is 0 Å². The van der Waals surface area contributed by atoms with Crippen molar-refractivity contribution in [1.29, 1.82) is 0 Å². The third kappa shape index (κ3) is 3.04. The molecule has 0 bridgehead atoms. The zero-order chi connectivity index (χ0) is 13.8. The molecule has 5 heteroatoms.